The highest BCUT2D eigenvalue weighted by molar-refractivity contribution is 4.87. The van der Waals surface area contributed by atoms with Crippen molar-refractivity contribution in [2.24, 2.45) is 5.41 Å². The minimum absolute atomic E-state index is 0.481. The minimum Gasteiger partial charge on any atom is -0.385 e. The smallest absolute Gasteiger partial charge is 0.0468 e. The average molecular weight is 227 g/mol. The summed E-state index contributed by atoms with van der Waals surface area (Å²) < 4.78 is 5.27. The van der Waals surface area contributed by atoms with Crippen LogP contribution in [0.2, 0.25) is 0 Å². The topological polar surface area (TPSA) is 21.3 Å². The third kappa shape index (κ3) is 4.84. The molecule has 0 radical (unpaired) electrons. The molecule has 0 aromatic carbocycles. The average Bonchev–Trinajstić information content (AvgIpc) is 3.13. The highest BCUT2D eigenvalue weighted by atomic mass is 16.5. The third-order valence-corrected chi connectivity index (χ3v) is 3.99. The number of unbranched alkanes of at least 4 members (excludes halogenated alkanes) is 1. The van der Waals surface area contributed by atoms with Crippen LogP contribution in [-0.4, -0.2) is 26.3 Å². The number of hydrogen-bond acceptors (Lipinski definition) is 2. The second-order valence-electron chi connectivity index (χ2n) is 5.36. The Morgan fingerprint density at radius 3 is 2.50 bits per heavy atom. The van der Waals surface area contributed by atoms with E-state index in [1.54, 1.807) is 0 Å². The summed E-state index contributed by atoms with van der Waals surface area (Å²) in [5.41, 5.74) is 0.481. The van der Waals surface area contributed by atoms with Gasteiger partial charge in [0.05, 0.1) is 0 Å². The lowest BCUT2D eigenvalue weighted by Gasteiger charge is -2.33. The summed E-state index contributed by atoms with van der Waals surface area (Å²) in [6, 6.07) is 0.829. The van der Waals surface area contributed by atoms with E-state index in [0.29, 0.717) is 5.41 Å². The van der Waals surface area contributed by atoms with Crippen molar-refractivity contribution < 1.29 is 4.74 Å². The zero-order valence-electron chi connectivity index (χ0n) is 11.3. The van der Waals surface area contributed by atoms with Gasteiger partial charge in [-0.1, -0.05) is 26.7 Å². The Labute approximate surface area is 101 Å². The van der Waals surface area contributed by atoms with Gasteiger partial charge in [-0.15, -0.1) is 0 Å². The van der Waals surface area contributed by atoms with Crippen LogP contribution in [0.5, 0.6) is 0 Å². The molecule has 1 fully saturated rings. The third-order valence-electron chi connectivity index (χ3n) is 3.99. The van der Waals surface area contributed by atoms with Gasteiger partial charge in [0.25, 0.3) is 0 Å². The summed E-state index contributed by atoms with van der Waals surface area (Å²) in [5.74, 6) is 0. The molecule has 0 saturated heterocycles. The van der Waals surface area contributed by atoms with E-state index >= 15 is 0 Å². The van der Waals surface area contributed by atoms with Crippen LogP contribution in [0, 0.1) is 5.41 Å². The molecule has 16 heavy (non-hydrogen) atoms. The Kier molecular flexibility index (Phi) is 6.37. The lowest BCUT2D eigenvalue weighted by atomic mass is 9.77. The number of methoxy groups -OCH3 is 1. The molecule has 1 saturated carbocycles. The molecule has 1 N–H and O–H groups in total. The maximum absolute atomic E-state index is 5.27. The molecule has 0 aromatic rings. The summed E-state index contributed by atoms with van der Waals surface area (Å²) in [6.07, 6.45) is 9.26. The van der Waals surface area contributed by atoms with Gasteiger partial charge in [-0.3, -0.25) is 0 Å². The van der Waals surface area contributed by atoms with E-state index in [1.807, 2.05) is 7.11 Å². The highest BCUT2D eigenvalue weighted by Crippen LogP contribution is 2.33. The fraction of sp³-hybridized carbons (Fsp3) is 1.00. The van der Waals surface area contributed by atoms with Crippen molar-refractivity contribution in [2.45, 2.75) is 64.8 Å². The van der Waals surface area contributed by atoms with E-state index < -0.39 is 0 Å². The van der Waals surface area contributed by atoms with Crippen molar-refractivity contribution in [3.63, 3.8) is 0 Å². The number of ether oxygens (including phenoxy) is 1. The Morgan fingerprint density at radius 1 is 1.25 bits per heavy atom. The summed E-state index contributed by atoms with van der Waals surface area (Å²) in [6.45, 7) is 6.71. The first-order valence-electron chi connectivity index (χ1n) is 6.98. The van der Waals surface area contributed by atoms with Crippen LogP contribution in [-0.2, 0) is 4.74 Å². The predicted molar refractivity (Wildman–Crippen MR) is 69.8 cm³/mol. The van der Waals surface area contributed by atoms with Gasteiger partial charge in [0.2, 0.25) is 0 Å². The monoisotopic (exact) mass is 227 g/mol. The van der Waals surface area contributed by atoms with Crippen molar-refractivity contribution in [3.8, 4) is 0 Å². The van der Waals surface area contributed by atoms with Crippen LogP contribution in [0.25, 0.3) is 0 Å². The lowest BCUT2D eigenvalue weighted by Crippen LogP contribution is -2.36. The highest BCUT2D eigenvalue weighted by Gasteiger charge is 2.30. The van der Waals surface area contributed by atoms with E-state index in [1.165, 1.54) is 51.5 Å². The first kappa shape index (κ1) is 14.0. The molecule has 1 unspecified atom stereocenters. The SMILES string of the molecule is CCCCC(CC)(CCOC)CNC1CC1. The van der Waals surface area contributed by atoms with Gasteiger partial charge in [0.1, 0.15) is 0 Å². The Bertz CT molecular complexity index is 170. The maximum atomic E-state index is 5.27. The van der Waals surface area contributed by atoms with Gasteiger partial charge in [-0.2, -0.15) is 0 Å². The number of nitrogens with one attached hydrogen (secondary N) is 1. The molecule has 1 atom stereocenters. The zero-order valence-corrected chi connectivity index (χ0v) is 11.3. The second-order valence-corrected chi connectivity index (χ2v) is 5.36. The van der Waals surface area contributed by atoms with E-state index in [0.717, 1.165) is 12.6 Å². The van der Waals surface area contributed by atoms with Gasteiger partial charge in [-0.05, 0) is 37.5 Å². The fourth-order valence-electron chi connectivity index (χ4n) is 2.30. The minimum atomic E-state index is 0.481. The molecule has 0 aromatic heterocycles. The number of hydrogen-bond donors (Lipinski definition) is 1. The molecule has 2 nitrogen and oxygen atoms in total. The van der Waals surface area contributed by atoms with Gasteiger partial charge < -0.3 is 10.1 Å². The fourth-order valence-corrected chi connectivity index (χ4v) is 2.30. The largest absolute Gasteiger partial charge is 0.385 e. The summed E-state index contributed by atoms with van der Waals surface area (Å²) >= 11 is 0. The van der Waals surface area contributed by atoms with Gasteiger partial charge in [0.15, 0.2) is 0 Å². The molecule has 1 aliphatic rings. The zero-order chi connectivity index (χ0) is 11.9. The van der Waals surface area contributed by atoms with Crippen molar-refractivity contribution in [1.29, 1.82) is 0 Å². The normalized spacial score (nSPS) is 19.7. The molecule has 0 aliphatic heterocycles. The summed E-state index contributed by atoms with van der Waals surface area (Å²) in [5, 5.41) is 3.71. The van der Waals surface area contributed by atoms with Crippen LogP contribution in [0.4, 0.5) is 0 Å². The Balaban J connectivity index is 2.39. The predicted octanol–water partition coefficient (Wildman–Crippen LogP) is 3.36. The molecule has 0 bridgehead atoms. The van der Waals surface area contributed by atoms with E-state index in [2.05, 4.69) is 19.2 Å². The van der Waals surface area contributed by atoms with E-state index in [4.69, 9.17) is 4.74 Å². The van der Waals surface area contributed by atoms with Crippen LogP contribution in [0.1, 0.15) is 58.8 Å². The molecule has 2 heteroatoms. The second kappa shape index (κ2) is 7.29. The summed E-state index contributed by atoms with van der Waals surface area (Å²) in [7, 11) is 1.81. The van der Waals surface area contributed by atoms with Crippen molar-refractivity contribution >= 4 is 0 Å². The first-order valence-corrected chi connectivity index (χ1v) is 6.98. The molecular formula is C14H29NO. The Hall–Kier alpha value is -0.0800. The molecule has 96 valence electrons. The summed E-state index contributed by atoms with van der Waals surface area (Å²) in [4.78, 5) is 0. The van der Waals surface area contributed by atoms with E-state index in [-0.39, 0.29) is 0 Å². The van der Waals surface area contributed by atoms with Crippen LogP contribution < -0.4 is 5.32 Å². The standard InChI is InChI=1S/C14H29NO/c1-4-6-9-14(5-2,10-11-16-3)12-15-13-7-8-13/h13,15H,4-12H2,1-3H3. The molecular weight excluding hydrogens is 198 g/mol. The quantitative estimate of drug-likeness (QED) is 0.618. The molecule has 0 amide bonds. The number of rotatable bonds is 10. The molecule has 1 rings (SSSR count). The molecule has 1 aliphatic carbocycles. The van der Waals surface area contributed by atoms with Crippen LogP contribution >= 0.6 is 0 Å². The Morgan fingerprint density at radius 2 is 2.00 bits per heavy atom. The van der Waals surface area contributed by atoms with Crippen LogP contribution in [0.3, 0.4) is 0 Å². The van der Waals surface area contributed by atoms with Gasteiger partial charge >= 0.3 is 0 Å². The molecule has 0 spiro atoms. The van der Waals surface area contributed by atoms with Crippen molar-refractivity contribution in [2.75, 3.05) is 20.3 Å². The maximum Gasteiger partial charge on any atom is 0.0468 e. The lowest BCUT2D eigenvalue weighted by molar-refractivity contribution is 0.120. The van der Waals surface area contributed by atoms with Crippen molar-refractivity contribution in [1.82, 2.24) is 5.32 Å². The van der Waals surface area contributed by atoms with Gasteiger partial charge in [-0.25, -0.2) is 0 Å². The first-order chi connectivity index (χ1) is 7.76. The van der Waals surface area contributed by atoms with E-state index in [9.17, 15) is 0 Å². The van der Waals surface area contributed by atoms with Crippen LogP contribution in [0.15, 0.2) is 0 Å². The van der Waals surface area contributed by atoms with Crippen molar-refractivity contribution in [3.05, 3.63) is 0 Å². The van der Waals surface area contributed by atoms with Gasteiger partial charge in [0, 0.05) is 26.3 Å². The molecule has 0 heterocycles.